The molecule has 0 aromatic carbocycles. The molecule has 0 aliphatic heterocycles. The second-order valence-electron chi connectivity index (χ2n) is 6.25. The molecule has 0 amide bonds. The van der Waals surface area contributed by atoms with E-state index in [4.69, 9.17) is 0 Å². The number of rotatable bonds is 4. The van der Waals surface area contributed by atoms with Crippen molar-refractivity contribution in [3.8, 4) is 0 Å². The number of aryl methyl sites for hydroxylation is 1. The Morgan fingerprint density at radius 1 is 1.12 bits per heavy atom. The molecule has 1 aromatic rings. The maximum absolute atomic E-state index is 4.57. The van der Waals surface area contributed by atoms with Crippen LogP contribution >= 0.6 is 11.8 Å². The molecule has 0 N–H and O–H groups in total. The van der Waals surface area contributed by atoms with E-state index in [9.17, 15) is 0 Å². The second-order valence-corrected chi connectivity index (χ2v) is 7.77. The highest BCUT2D eigenvalue weighted by atomic mass is 32.2. The summed E-state index contributed by atoms with van der Waals surface area (Å²) in [4.78, 5) is 4.57. The molecule has 2 heteroatoms. The third kappa shape index (κ3) is 4.71. The minimum absolute atomic E-state index is 0.198. The fraction of sp³-hybridized carbons (Fsp3) is 0.667. The predicted molar refractivity (Wildman–Crippen MR) is 78.9 cm³/mol. The second kappa shape index (κ2) is 5.43. The molecular weight excluding hydrogens is 226 g/mol. The number of hydrogen-bond donors (Lipinski definition) is 0. The molecule has 1 aromatic heterocycles. The van der Waals surface area contributed by atoms with Gasteiger partial charge in [0, 0.05) is 16.6 Å². The number of thioether (sulfide) groups is 1. The van der Waals surface area contributed by atoms with Crippen LogP contribution in [0.3, 0.4) is 0 Å². The van der Waals surface area contributed by atoms with Gasteiger partial charge in [-0.3, -0.25) is 4.98 Å². The summed E-state index contributed by atoms with van der Waals surface area (Å²) >= 11 is 1.93. The van der Waals surface area contributed by atoms with Crippen LogP contribution < -0.4 is 0 Å². The van der Waals surface area contributed by atoms with Crippen molar-refractivity contribution in [2.45, 2.75) is 57.6 Å². The van der Waals surface area contributed by atoms with Crippen molar-refractivity contribution in [2.24, 2.45) is 0 Å². The lowest BCUT2D eigenvalue weighted by molar-refractivity contribution is 0.584. The third-order valence-electron chi connectivity index (χ3n) is 3.23. The Balaban J connectivity index is 2.64. The highest BCUT2D eigenvalue weighted by molar-refractivity contribution is 7.99. The molecule has 0 aliphatic rings. The van der Waals surface area contributed by atoms with Gasteiger partial charge in [0.2, 0.25) is 0 Å². The van der Waals surface area contributed by atoms with Crippen LogP contribution in [0, 0.1) is 0 Å². The number of nitrogens with zero attached hydrogens (tertiary/aromatic N) is 1. The minimum Gasteiger partial charge on any atom is -0.261 e. The van der Waals surface area contributed by atoms with E-state index in [1.54, 1.807) is 0 Å². The summed E-state index contributed by atoms with van der Waals surface area (Å²) in [7, 11) is 0. The standard InChI is InChI=1S/C15H25NS/c1-14(2,3)12-7-8-13(16-11-12)9-10-15(4,5)17-6/h7-8,11H,9-10H2,1-6H3. The van der Waals surface area contributed by atoms with E-state index in [1.807, 2.05) is 18.0 Å². The highest BCUT2D eigenvalue weighted by Crippen LogP contribution is 2.27. The molecule has 0 radical (unpaired) electrons. The van der Waals surface area contributed by atoms with Crippen molar-refractivity contribution in [1.82, 2.24) is 4.98 Å². The number of pyridine rings is 1. The first-order chi connectivity index (χ1) is 7.74. The van der Waals surface area contributed by atoms with Gasteiger partial charge in [0.25, 0.3) is 0 Å². The summed E-state index contributed by atoms with van der Waals surface area (Å²) < 4.78 is 0.352. The van der Waals surface area contributed by atoms with Crippen molar-refractivity contribution in [1.29, 1.82) is 0 Å². The minimum atomic E-state index is 0.198. The Morgan fingerprint density at radius 2 is 1.76 bits per heavy atom. The molecule has 96 valence electrons. The molecule has 0 saturated carbocycles. The summed E-state index contributed by atoms with van der Waals surface area (Å²) in [5.74, 6) is 0. The summed E-state index contributed by atoms with van der Waals surface area (Å²) in [6, 6.07) is 4.39. The van der Waals surface area contributed by atoms with Crippen LogP contribution in [-0.2, 0) is 11.8 Å². The largest absolute Gasteiger partial charge is 0.261 e. The van der Waals surface area contributed by atoms with Crippen molar-refractivity contribution >= 4 is 11.8 Å². The Hall–Kier alpha value is -0.500. The van der Waals surface area contributed by atoms with Gasteiger partial charge in [-0.25, -0.2) is 0 Å². The maximum atomic E-state index is 4.57. The summed E-state index contributed by atoms with van der Waals surface area (Å²) in [6.45, 7) is 11.3. The predicted octanol–water partition coefficient (Wildman–Crippen LogP) is 4.45. The molecule has 0 saturated heterocycles. The Morgan fingerprint density at radius 3 is 2.18 bits per heavy atom. The van der Waals surface area contributed by atoms with E-state index < -0.39 is 0 Å². The van der Waals surface area contributed by atoms with E-state index in [-0.39, 0.29) is 5.41 Å². The third-order valence-corrected chi connectivity index (χ3v) is 4.54. The topological polar surface area (TPSA) is 12.9 Å². The van der Waals surface area contributed by atoms with Crippen LogP contribution in [0.15, 0.2) is 18.3 Å². The van der Waals surface area contributed by atoms with E-state index in [2.05, 4.69) is 58.0 Å². The highest BCUT2D eigenvalue weighted by Gasteiger charge is 2.17. The van der Waals surface area contributed by atoms with Gasteiger partial charge >= 0.3 is 0 Å². The lowest BCUT2D eigenvalue weighted by Crippen LogP contribution is -2.16. The zero-order valence-corrected chi connectivity index (χ0v) is 12.8. The van der Waals surface area contributed by atoms with Gasteiger partial charge in [0.05, 0.1) is 0 Å². The van der Waals surface area contributed by atoms with Crippen molar-refractivity contribution < 1.29 is 0 Å². The van der Waals surface area contributed by atoms with Crippen LogP contribution in [0.4, 0.5) is 0 Å². The first-order valence-corrected chi connectivity index (χ1v) is 7.48. The van der Waals surface area contributed by atoms with Crippen molar-refractivity contribution in [3.63, 3.8) is 0 Å². The molecule has 17 heavy (non-hydrogen) atoms. The lowest BCUT2D eigenvalue weighted by atomic mass is 9.88. The lowest BCUT2D eigenvalue weighted by Gasteiger charge is -2.22. The molecule has 0 fully saturated rings. The van der Waals surface area contributed by atoms with Crippen LogP contribution in [-0.4, -0.2) is 16.0 Å². The molecule has 1 rings (SSSR count). The number of hydrogen-bond acceptors (Lipinski definition) is 2. The smallest absolute Gasteiger partial charge is 0.0404 e. The van der Waals surface area contributed by atoms with Gasteiger partial charge in [-0.05, 0) is 36.1 Å². The first-order valence-electron chi connectivity index (χ1n) is 6.25. The average molecular weight is 251 g/mol. The summed E-state index contributed by atoms with van der Waals surface area (Å²) in [5, 5.41) is 0. The van der Waals surface area contributed by atoms with Crippen LogP contribution in [0.5, 0.6) is 0 Å². The van der Waals surface area contributed by atoms with Crippen molar-refractivity contribution in [3.05, 3.63) is 29.6 Å². The molecule has 1 heterocycles. The van der Waals surface area contributed by atoms with Crippen molar-refractivity contribution in [2.75, 3.05) is 6.26 Å². The van der Waals surface area contributed by atoms with Crippen LogP contribution in [0.1, 0.15) is 52.3 Å². The Labute approximate surface area is 110 Å². The fourth-order valence-electron chi connectivity index (χ4n) is 1.55. The molecule has 0 atom stereocenters. The van der Waals surface area contributed by atoms with Gasteiger partial charge in [-0.2, -0.15) is 11.8 Å². The van der Waals surface area contributed by atoms with E-state index in [1.165, 1.54) is 17.7 Å². The van der Waals surface area contributed by atoms with Gasteiger partial charge in [0.1, 0.15) is 0 Å². The van der Waals surface area contributed by atoms with E-state index in [0.717, 1.165) is 6.42 Å². The number of aromatic nitrogens is 1. The quantitative estimate of drug-likeness (QED) is 0.784. The monoisotopic (exact) mass is 251 g/mol. The molecule has 1 nitrogen and oxygen atoms in total. The molecule has 0 spiro atoms. The van der Waals surface area contributed by atoms with Gasteiger partial charge in [-0.1, -0.05) is 40.7 Å². The van der Waals surface area contributed by atoms with Gasteiger partial charge < -0.3 is 0 Å². The fourth-order valence-corrected chi connectivity index (χ4v) is 1.85. The molecular formula is C15H25NS. The van der Waals surface area contributed by atoms with Crippen LogP contribution in [0.25, 0.3) is 0 Å². The SMILES string of the molecule is CSC(C)(C)CCc1ccc(C(C)(C)C)cn1. The maximum Gasteiger partial charge on any atom is 0.0404 e. The van der Waals surface area contributed by atoms with Gasteiger partial charge in [-0.15, -0.1) is 0 Å². The van der Waals surface area contributed by atoms with Crippen LogP contribution in [0.2, 0.25) is 0 Å². The first kappa shape index (κ1) is 14.6. The molecule has 0 unspecified atom stereocenters. The average Bonchev–Trinajstić information content (AvgIpc) is 2.26. The zero-order chi connectivity index (χ0) is 13.1. The summed E-state index contributed by atoms with van der Waals surface area (Å²) in [6.07, 6.45) is 6.45. The molecule has 0 bridgehead atoms. The zero-order valence-electron chi connectivity index (χ0n) is 12.0. The Bertz CT molecular complexity index is 346. The summed E-state index contributed by atoms with van der Waals surface area (Å²) in [5.41, 5.74) is 2.72. The van der Waals surface area contributed by atoms with E-state index in [0.29, 0.717) is 4.75 Å². The molecule has 0 aliphatic carbocycles. The Kier molecular flexibility index (Phi) is 4.65. The van der Waals surface area contributed by atoms with Gasteiger partial charge in [0.15, 0.2) is 0 Å². The normalized spacial score (nSPS) is 12.8. The van der Waals surface area contributed by atoms with E-state index >= 15 is 0 Å².